The molecule has 0 bridgehead atoms. The molecule has 0 unspecified atom stereocenters. The average molecular weight is 367 g/mol. The number of rotatable bonds is 4. The van der Waals surface area contributed by atoms with Gasteiger partial charge in [0.25, 0.3) is 5.91 Å². The van der Waals surface area contributed by atoms with Crippen molar-refractivity contribution in [2.24, 2.45) is 0 Å². The summed E-state index contributed by atoms with van der Waals surface area (Å²) in [6, 6.07) is 11.1. The van der Waals surface area contributed by atoms with E-state index in [1.165, 1.54) is 0 Å². The maximum absolute atomic E-state index is 12.3. The predicted molar refractivity (Wildman–Crippen MR) is 92.2 cm³/mol. The third kappa shape index (κ3) is 3.04. The zero-order valence-electron chi connectivity index (χ0n) is 14.4. The summed E-state index contributed by atoms with van der Waals surface area (Å²) in [4.78, 5) is 12.3. The van der Waals surface area contributed by atoms with Crippen LogP contribution in [0.5, 0.6) is 11.5 Å². The Morgan fingerprint density at radius 2 is 2.15 bits per heavy atom. The van der Waals surface area contributed by atoms with Crippen LogP contribution in [0.1, 0.15) is 33.6 Å². The number of hydrogen-bond acceptors (Lipinski definition) is 6. The van der Waals surface area contributed by atoms with Gasteiger partial charge in [0.2, 0.25) is 6.79 Å². The molecule has 2 aliphatic rings. The lowest BCUT2D eigenvalue weighted by atomic mass is 10.1. The smallest absolute Gasteiger partial charge is 0.272 e. The first-order valence-corrected chi connectivity index (χ1v) is 8.65. The van der Waals surface area contributed by atoms with Crippen molar-refractivity contribution in [1.29, 1.82) is 0 Å². The number of amides is 1. The minimum atomic E-state index is -0.243. The molecule has 0 radical (unpaired) electrons. The molecule has 5 rings (SSSR count). The number of aromatic nitrogens is 2. The number of fused-ring (bicyclic) bond motifs is 2. The number of hydrogen-bond donors (Lipinski definition) is 1. The Kier molecular flexibility index (Phi) is 3.83. The highest BCUT2D eigenvalue weighted by Crippen LogP contribution is 2.36. The second-order valence-corrected chi connectivity index (χ2v) is 6.38. The number of nitrogens with one attached hydrogen (secondary N) is 1. The topological polar surface area (TPSA) is 87.8 Å². The van der Waals surface area contributed by atoms with E-state index < -0.39 is 0 Å². The predicted octanol–water partition coefficient (Wildman–Crippen LogP) is 2.41. The Balaban J connectivity index is 1.29. The van der Waals surface area contributed by atoms with Gasteiger partial charge in [-0.1, -0.05) is 6.07 Å². The fourth-order valence-corrected chi connectivity index (χ4v) is 3.22. The minimum absolute atomic E-state index is 0.161. The van der Waals surface area contributed by atoms with E-state index in [4.69, 9.17) is 18.6 Å². The van der Waals surface area contributed by atoms with E-state index in [1.807, 2.05) is 28.9 Å². The summed E-state index contributed by atoms with van der Waals surface area (Å²) in [6.45, 7) is 1.48. The van der Waals surface area contributed by atoms with Crippen molar-refractivity contribution >= 4 is 5.91 Å². The molecule has 0 aliphatic carbocycles. The van der Waals surface area contributed by atoms with Gasteiger partial charge in [-0.05, 0) is 35.9 Å². The molecule has 4 heterocycles. The highest BCUT2D eigenvalue weighted by atomic mass is 16.7. The van der Waals surface area contributed by atoms with Gasteiger partial charge in [0.05, 0.1) is 31.7 Å². The van der Waals surface area contributed by atoms with Crippen molar-refractivity contribution in [3.05, 3.63) is 65.4 Å². The number of nitrogens with zero attached hydrogens (tertiary/aromatic N) is 2. The maximum Gasteiger partial charge on any atom is 0.272 e. The summed E-state index contributed by atoms with van der Waals surface area (Å²) in [7, 11) is 0. The molecule has 2 aliphatic heterocycles. The fraction of sp³-hybridized carbons (Fsp3) is 0.263. The monoisotopic (exact) mass is 367 g/mol. The van der Waals surface area contributed by atoms with Gasteiger partial charge in [-0.25, -0.2) is 0 Å². The molecule has 27 heavy (non-hydrogen) atoms. The van der Waals surface area contributed by atoms with Crippen molar-refractivity contribution < 1.29 is 23.4 Å². The molecule has 8 nitrogen and oxygen atoms in total. The van der Waals surface area contributed by atoms with Crippen LogP contribution in [0.4, 0.5) is 0 Å². The summed E-state index contributed by atoms with van der Waals surface area (Å²) in [6.07, 6.45) is 1.41. The zero-order valence-corrected chi connectivity index (χ0v) is 14.4. The minimum Gasteiger partial charge on any atom is -0.467 e. The number of carbonyl (C=O) groups is 1. The molecule has 0 saturated heterocycles. The Bertz CT molecular complexity index is 979. The molecule has 0 saturated carbocycles. The van der Waals surface area contributed by atoms with Crippen molar-refractivity contribution in [3.63, 3.8) is 0 Å². The largest absolute Gasteiger partial charge is 0.467 e. The summed E-state index contributed by atoms with van der Waals surface area (Å²) >= 11 is 0. The van der Waals surface area contributed by atoms with Crippen molar-refractivity contribution in [2.75, 3.05) is 6.79 Å². The van der Waals surface area contributed by atoms with Crippen LogP contribution < -0.4 is 14.8 Å². The fourth-order valence-electron chi connectivity index (χ4n) is 3.22. The van der Waals surface area contributed by atoms with Gasteiger partial charge in [-0.2, -0.15) is 5.10 Å². The van der Waals surface area contributed by atoms with E-state index in [0.717, 1.165) is 22.8 Å². The van der Waals surface area contributed by atoms with E-state index in [9.17, 15) is 4.79 Å². The zero-order chi connectivity index (χ0) is 18.2. The molecular weight excluding hydrogens is 350 g/mol. The molecule has 1 aromatic carbocycles. The quantitative estimate of drug-likeness (QED) is 0.762. The molecule has 1 amide bonds. The van der Waals surface area contributed by atoms with E-state index >= 15 is 0 Å². The summed E-state index contributed by atoms with van der Waals surface area (Å²) in [5.41, 5.74) is 2.23. The van der Waals surface area contributed by atoms with Gasteiger partial charge in [-0.3, -0.25) is 9.48 Å². The molecule has 3 aromatic rings. The lowest BCUT2D eigenvalue weighted by Gasteiger charge is -2.24. The standard InChI is InChI=1S/C19H17N3O5/c23-19(20-8-14-2-1-5-24-14)15-7-13-10-25-18(9-22(13)21-15)12-3-4-16-17(6-12)27-11-26-16/h1-7,18H,8-11H2,(H,20,23)/t18-/m1/s1. The van der Waals surface area contributed by atoms with Gasteiger partial charge in [0.1, 0.15) is 11.9 Å². The van der Waals surface area contributed by atoms with Crippen LogP contribution in [0.3, 0.4) is 0 Å². The van der Waals surface area contributed by atoms with Crippen LogP contribution in [-0.4, -0.2) is 22.5 Å². The molecule has 0 fully saturated rings. The molecule has 1 N–H and O–H groups in total. The lowest BCUT2D eigenvalue weighted by Crippen LogP contribution is -2.24. The number of benzene rings is 1. The Labute approximate surface area is 154 Å². The highest BCUT2D eigenvalue weighted by Gasteiger charge is 2.25. The van der Waals surface area contributed by atoms with E-state index in [1.54, 1.807) is 18.4 Å². The Morgan fingerprint density at radius 1 is 1.22 bits per heavy atom. The molecule has 1 atom stereocenters. The maximum atomic E-state index is 12.3. The van der Waals surface area contributed by atoms with Crippen molar-refractivity contribution in [1.82, 2.24) is 15.1 Å². The van der Waals surface area contributed by atoms with Gasteiger partial charge >= 0.3 is 0 Å². The van der Waals surface area contributed by atoms with Crippen LogP contribution >= 0.6 is 0 Å². The van der Waals surface area contributed by atoms with Crippen LogP contribution in [0.15, 0.2) is 47.1 Å². The van der Waals surface area contributed by atoms with E-state index in [0.29, 0.717) is 31.2 Å². The first kappa shape index (κ1) is 16.0. The van der Waals surface area contributed by atoms with Gasteiger partial charge < -0.3 is 23.9 Å². The second kappa shape index (κ2) is 6.48. The second-order valence-electron chi connectivity index (χ2n) is 6.38. The number of carbonyl (C=O) groups excluding carboxylic acids is 1. The molecule has 138 valence electrons. The summed E-state index contributed by atoms with van der Waals surface area (Å²) in [5.74, 6) is 1.91. The summed E-state index contributed by atoms with van der Waals surface area (Å²) in [5, 5.41) is 7.24. The third-order valence-electron chi connectivity index (χ3n) is 4.64. The van der Waals surface area contributed by atoms with E-state index in [2.05, 4.69) is 10.4 Å². The SMILES string of the molecule is O=C(NCc1ccco1)c1cc2n(n1)C[C@H](c1ccc3c(c1)OCO3)OC2. The van der Waals surface area contributed by atoms with Gasteiger partial charge in [-0.15, -0.1) is 0 Å². The summed E-state index contributed by atoms with van der Waals surface area (Å²) < 4.78 is 23.8. The molecule has 2 aromatic heterocycles. The van der Waals surface area contributed by atoms with E-state index in [-0.39, 0.29) is 18.8 Å². The molecular formula is C19H17N3O5. The lowest BCUT2D eigenvalue weighted by molar-refractivity contribution is -0.00128. The van der Waals surface area contributed by atoms with Crippen LogP contribution in [-0.2, 0) is 24.4 Å². The van der Waals surface area contributed by atoms with Crippen LogP contribution in [0.2, 0.25) is 0 Å². The highest BCUT2D eigenvalue weighted by molar-refractivity contribution is 5.92. The molecule has 8 heteroatoms. The van der Waals surface area contributed by atoms with Crippen LogP contribution in [0, 0.1) is 0 Å². The first-order valence-electron chi connectivity index (χ1n) is 8.65. The van der Waals surface area contributed by atoms with Gasteiger partial charge in [0.15, 0.2) is 17.2 Å². The Morgan fingerprint density at radius 3 is 3.04 bits per heavy atom. The first-order chi connectivity index (χ1) is 13.3. The van der Waals surface area contributed by atoms with Gasteiger partial charge in [0, 0.05) is 0 Å². The number of furan rings is 1. The third-order valence-corrected chi connectivity index (χ3v) is 4.64. The van der Waals surface area contributed by atoms with Crippen LogP contribution in [0.25, 0.3) is 0 Å². The molecule has 0 spiro atoms. The normalized spacial score (nSPS) is 17.6. The Hall–Kier alpha value is -3.26. The van der Waals surface area contributed by atoms with Crippen molar-refractivity contribution in [2.45, 2.75) is 25.8 Å². The van der Waals surface area contributed by atoms with Crippen molar-refractivity contribution in [3.8, 4) is 11.5 Å². The number of ether oxygens (including phenoxy) is 3. The average Bonchev–Trinajstić information content (AvgIpc) is 3.45.